The maximum Gasteiger partial charge on any atom is 0.228 e. The molecular weight excluding hydrogens is 278 g/mol. The molecule has 3 heteroatoms. The Labute approximate surface area is 113 Å². The van der Waals surface area contributed by atoms with Crippen LogP contribution in [0.15, 0.2) is 0 Å². The van der Waals surface area contributed by atoms with Crippen molar-refractivity contribution in [3.8, 4) is 0 Å². The molecule has 2 nitrogen and oxygen atoms in total. The minimum atomic E-state index is 0.00814. The van der Waals surface area contributed by atoms with E-state index in [1.165, 1.54) is 25.7 Å². The van der Waals surface area contributed by atoms with E-state index in [-0.39, 0.29) is 5.41 Å². The van der Waals surface area contributed by atoms with Crippen LogP contribution in [0.25, 0.3) is 0 Å². The molecule has 0 aromatic carbocycles. The van der Waals surface area contributed by atoms with Crippen molar-refractivity contribution in [2.24, 2.45) is 11.3 Å². The second-order valence-corrected chi connectivity index (χ2v) is 6.40. The first-order valence-electron chi connectivity index (χ1n) is 7.07. The highest BCUT2D eigenvalue weighted by Crippen LogP contribution is 2.43. The molecule has 1 saturated heterocycles. The lowest BCUT2D eigenvalue weighted by Crippen LogP contribution is -2.47. The first kappa shape index (κ1) is 13.4. The minimum Gasteiger partial charge on any atom is -0.342 e. The Kier molecular flexibility index (Phi) is 4.51. The van der Waals surface area contributed by atoms with Gasteiger partial charge in [0.15, 0.2) is 0 Å². The molecule has 1 aliphatic carbocycles. The van der Waals surface area contributed by atoms with Crippen LogP contribution in [0.1, 0.15) is 51.9 Å². The zero-order chi connectivity index (χ0) is 12.3. The zero-order valence-electron chi connectivity index (χ0n) is 10.9. The van der Waals surface area contributed by atoms with Gasteiger partial charge in [-0.25, -0.2) is 0 Å². The molecule has 0 radical (unpaired) electrons. The van der Waals surface area contributed by atoms with Gasteiger partial charge in [-0.3, -0.25) is 4.79 Å². The van der Waals surface area contributed by atoms with Crippen LogP contribution in [0.4, 0.5) is 0 Å². The molecule has 1 aliphatic heterocycles. The molecule has 2 rings (SSSR count). The summed E-state index contributed by atoms with van der Waals surface area (Å²) in [4.78, 5) is 14.9. The second-order valence-electron chi connectivity index (χ2n) is 5.75. The number of alkyl halides is 1. The van der Waals surface area contributed by atoms with E-state index in [0.29, 0.717) is 11.8 Å². The maximum absolute atomic E-state index is 12.7. The molecule has 1 heterocycles. The van der Waals surface area contributed by atoms with Gasteiger partial charge < -0.3 is 4.90 Å². The van der Waals surface area contributed by atoms with Crippen molar-refractivity contribution in [3.05, 3.63) is 0 Å². The van der Waals surface area contributed by atoms with Crippen LogP contribution < -0.4 is 0 Å². The summed E-state index contributed by atoms with van der Waals surface area (Å²) in [6.45, 7) is 4.16. The molecule has 98 valence electrons. The van der Waals surface area contributed by atoms with Gasteiger partial charge in [0, 0.05) is 23.8 Å². The van der Waals surface area contributed by atoms with Crippen LogP contribution in [0.2, 0.25) is 0 Å². The van der Waals surface area contributed by atoms with Crippen molar-refractivity contribution in [2.75, 3.05) is 18.4 Å². The van der Waals surface area contributed by atoms with E-state index in [2.05, 4.69) is 27.8 Å². The molecule has 1 atom stereocenters. The number of likely N-dealkylation sites (tertiary alicyclic amines) is 1. The van der Waals surface area contributed by atoms with Crippen molar-refractivity contribution in [2.45, 2.75) is 51.9 Å². The first-order chi connectivity index (χ1) is 8.22. The van der Waals surface area contributed by atoms with Gasteiger partial charge in [0.25, 0.3) is 0 Å². The fourth-order valence-electron chi connectivity index (χ4n) is 3.48. The molecule has 2 aliphatic rings. The average Bonchev–Trinajstić information content (AvgIpc) is 2.88. The van der Waals surface area contributed by atoms with Crippen molar-refractivity contribution in [3.63, 3.8) is 0 Å². The number of amides is 1. The van der Waals surface area contributed by atoms with E-state index in [0.717, 1.165) is 37.7 Å². The average molecular weight is 302 g/mol. The summed E-state index contributed by atoms with van der Waals surface area (Å²) in [5.41, 5.74) is 0.00814. The van der Waals surface area contributed by atoms with Gasteiger partial charge in [-0.2, -0.15) is 0 Å². The van der Waals surface area contributed by atoms with Gasteiger partial charge in [-0.1, -0.05) is 35.7 Å². The molecule has 0 aromatic heterocycles. The van der Waals surface area contributed by atoms with Crippen LogP contribution in [-0.4, -0.2) is 29.2 Å². The predicted octanol–water partition coefficient (Wildman–Crippen LogP) is 3.59. The van der Waals surface area contributed by atoms with E-state index < -0.39 is 0 Å². The smallest absolute Gasteiger partial charge is 0.228 e. The first-order valence-corrected chi connectivity index (χ1v) is 8.19. The highest BCUT2D eigenvalue weighted by atomic mass is 79.9. The zero-order valence-corrected chi connectivity index (χ0v) is 12.5. The third kappa shape index (κ3) is 2.69. The quantitative estimate of drug-likeness (QED) is 0.730. The number of piperidine rings is 1. The fourth-order valence-corrected chi connectivity index (χ4v) is 4.01. The number of hydrogen-bond donors (Lipinski definition) is 0. The number of carbonyl (C=O) groups excluding carboxylic acids is 1. The number of carbonyl (C=O) groups is 1. The SMILES string of the molecule is CCC1(C(=O)N2CCCC(CBr)C2)CCCC1. The normalized spacial score (nSPS) is 28.4. The van der Waals surface area contributed by atoms with E-state index in [1.54, 1.807) is 0 Å². The summed E-state index contributed by atoms with van der Waals surface area (Å²) in [5, 5.41) is 1.04. The molecule has 0 bridgehead atoms. The van der Waals surface area contributed by atoms with E-state index in [1.807, 2.05) is 0 Å². The Bertz CT molecular complexity index is 273. The third-order valence-corrected chi connectivity index (χ3v) is 5.63. The summed E-state index contributed by atoms with van der Waals surface area (Å²) >= 11 is 3.56. The third-order valence-electron chi connectivity index (χ3n) is 4.72. The molecule has 1 amide bonds. The molecule has 1 unspecified atom stereocenters. The molecular formula is C14H24BrNO. The molecule has 2 fully saturated rings. The standard InChI is InChI=1S/C14H24BrNO/c1-2-14(7-3-4-8-14)13(17)16-9-5-6-12(10-15)11-16/h12H,2-11H2,1H3. The molecule has 1 saturated carbocycles. The number of hydrogen-bond acceptors (Lipinski definition) is 1. The van der Waals surface area contributed by atoms with Crippen molar-refractivity contribution in [1.82, 2.24) is 4.90 Å². The highest BCUT2D eigenvalue weighted by molar-refractivity contribution is 9.09. The molecule has 0 N–H and O–H groups in total. The summed E-state index contributed by atoms with van der Waals surface area (Å²) in [6, 6.07) is 0. The van der Waals surface area contributed by atoms with Crippen molar-refractivity contribution in [1.29, 1.82) is 0 Å². The Balaban J connectivity index is 2.03. The summed E-state index contributed by atoms with van der Waals surface area (Å²) in [6.07, 6.45) is 8.22. The van der Waals surface area contributed by atoms with Crippen molar-refractivity contribution >= 4 is 21.8 Å². The Morgan fingerprint density at radius 1 is 1.35 bits per heavy atom. The van der Waals surface area contributed by atoms with Crippen LogP contribution >= 0.6 is 15.9 Å². The number of rotatable bonds is 3. The number of nitrogens with zero attached hydrogens (tertiary/aromatic N) is 1. The van der Waals surface area contributed by atoms with Gasteiger partial charge in [-0.15, -0.1) is 0 Å². The lowest BCUT2D eigenvalue weighted by molar-refractivity contribution is -0.144. The molecule has 17 heavy (non-hydrogen) atoms. The van der Waals surface area contributed by atoms with Crippen LogP contribution in [0, 0.1) is 11.3 Å². The van der Waals surface area contributed by atoms with Gasteiger partial charge >= 0.3 is 0 Å². The lowest BCUT2D eigenvalue weighted by Gasteiger charge is -2.38. The van der Waals surface area contributed by atoms with Gasteiger partial charge in [0.2, 0.25) is 5.91 Å². The largest absolute Gasteiger partial charge is 0.342 e. The van der Waals surface area contributed by atoms with E-state index in [9.17, 15) is 4.79 Å². The lowest BCUT2D eigenvalue weighted by atomic mass is 9.81. The van der Waals surface area contributed by atoms with E-state index >= 15 is 0 Å². The van der Waals surface area contributed by atoms with Crippen LogP contribution in [0.5, 0.6) is 0 Å². The summed E-state index contributed by atoms with van der Waals surface area (Å²) in [7, 11) is 0. The summed E-state index contributed by atoms with van der Waals surface area (Å²) < 4.78 is 0. The van der Waals surface area contributed by atoms with Crippen molar-refractivity contribution < 1.29 is 4.79 Å². The van der Waals surface area contributed by atoms with Gasteiger partial charge in [0.05, 0.1) is 0 Å². The Morgan fingerprint density at radius 3 is 2.65 bits per heavy atom. The highest BCUT2D eigenvalue weighted by Gasteiger charge is 2.42. The Hall–Kier alpha value is -0.0500. The monoisotopic (exact) mass is 301 g/mol. The number of halogens is 1. The maximum atomic E-state index is 12.7. The molecule has 0 spiro atoms. The predicted molar refractivity (Wildman–Crippen MR) is 74.3 cm³/mol. The summed E-state index contributed by atoms with van der Waals surface area (Å²) in [5.74, 6) is 1.13. The topological polar surface area (TPSA) is 20.3 Å². The van der Waals surface area contributed by atoms with Crippen LogP contribution in [0.3, 0.4) is 0 Å². The molecule has 0 aromatic rings. The van der Waals surface area contributed by atoms with Gasteiger partial charge in [-0.05, 0) is 38.0 Å². The van der Waals surface area contributed by atoms with E-state index in [4.69, 9.17) is 0 Å². The van der Waals surface area contributed by atoms with Crippen LogP contribution in [-0.2, 0) is 4.79 Å². The Morgan fingerprint density at radius 2 is 2.06 bits per heavy atom. The minimum absolute atomic E-state index is 0.00814. The van der Waals surface area contributed by atoms with Gasteiger partial charge in [0.1, 0.15) is 0 Å². The second kappa shape index (κ2) is 5.73. The fraction of sp³-hybridized carbons (Fsp3) is 0.929.